The quantitative estimate of drug-likeness (QED) is 0.690. The molecule has 2 aliphatic carbocycles. The van der Waals surface area contributed by atoms with E-state index in [0.717, 1.165) is 18.9 Å². The van der Waals surface area contributed by atoms with Gasteiger partial charge in [0.1, 0.15) is 0 Å². The average Bonchev–Trinajstić information content (AvgIpc) is 3.03. The summed E-state index contributed by atoms with van der Waals surface area (Å²) in [5.41, 5.74) is 6.14. The zero-order chi connectivity index (χ0) is 10.2. The second-order valence-corrected chi connectivity index (χ2v) is 4.87. The van der Waals surface area contributed by atoms with Gasteiger partial charge in [0, 0.05) is 6.54 Å². The summed E-state index contributed by atoms with van der Waals surface area (Å²) in [4.78, 5) is 11.5. The van der Waals surface area contributed by atoms with Crippen LogP contribution < -0.4 is 11.1 Å². The molecule has 80 valence electrons. The van der Waals surface area contributed by atoms with E-state index in [2.05, 4.69) is 5.32 Å². The van der Waals surface area contributed by atoms with Gasteiger partial charge in [-0.2, -0.15) is 0 Å². The highest BCUT2D eigenvalue weighted by molar-refractivity contribution is 5.81. The van der Waals surface area contributed by atoms with Gasteiger partial charge >= 0.3 is 0 Å². The van der Waals surface area contributed by atoms with Crippen LogP contribution in [0.5, 0.6) is 0 Å². The molecule has 0 aromatic rings. The lowest BCUT2D eigenvalue weighted by Gasteiger charge is -2.16. The Morgan fingerprint density at radius 2 is 2.21 bits per heavy atom. The molecule has 2 aliphatic rings. The Kier molecular flexibility index (Phi) is 2.52. The van der Waals surface area contributed by atoms with Crippen LogP contribution >= 0.6 is 0 Å². The maximum absolute atomic E-state index is 11.5. The molecule has 2 saturated carbocycles. The monoisotopic (exact) mass is 196 g/mol. The molecule has 0 aliphatic heterocycles. The van der Waals surface area contributed by atoms with Gasteiger partial charge in [-0.15, -0.1) is 0 Å². The van der Waals surface area contributed by atoms with Gasteiger partial charge in [-0.05, 0) is 43.4 Å². The summed E-state index contributed by atoms with van der Waals surface area (Å²) >= 11 is 0. The van der Waals surface area contributed by atoms with E-state index >= 15 is 0 Å². The summed E-state index contributed by atoms with van der Waals surface area (Å²) in [6.07, 6.45) is 6.08. The second kappa shape index (κ2) is 3.54. The SMILES string of the molecule is CCC(N)C(=O)NCC1(C2CC2)CC1. The molecule has 0 heterocycles. The van der Waals surface area contributed by atoms with E-state index in [4.69, 9.17) is 5.73 Å². The lowest BCUT2D eigenvalue weighted by atomic mass is 10.0. The second-order valence-electron chi connectivity index (χ2n) is 4.87. The maximum Gasteiger partial charge on any atom is 0.236 e. The van der Waals surface area contributed by atoms with Crippen molar-refractivity contribution in [1.82, 2.24) is 5.32 Å². The lowest BCUT2D eigenvalue weighted by Crippen LogP contribution is -2.42. The topological polar surface area (TPSA) is 55.1 Å². The fourth-order valence-electron chi connectivity index (χ4n) is 2.17. The molecule has 0 radical (unpaired) electrons. The number of rotatable bonds is 5. The first-order valence-corrected chi connectivity index (χ1v) is 5.71. The molecule has 3 nitrogen and oxygen atoms in total. The maximum atomic E-state index is 11.5. The Morgan fingerprint density at radius 3 is 2.64 bits per heavy atom. The van der Waals surface area contributed by atoms with E-state index in [9.17, 15) is 4.79 Å². The summed E-state index contributed by atoms with van der Waals surface area (Å²) in [5, 5.41) is 2.99. The van der Waals surface area contributed by atoms with Gasteiger partial charge in [-0.25, -0.2) is 0 Å². The first kappa shape index (κ1) is 9.97. The summed E-state index contributed by atoms with van der Waals surface area (Å²) in [6, 6.07) is -0.315. The predicted molar refractivity (Wildman–Crippen MR) is 55.7 cm³/mol. The van der Waals surface area contributed by atoms with Crippen molar-refractivity contribution in [2.45, 2.75) is 45.1 Å². The van der Waals surface area contributed by atoms with Crippen LogP contribution in [-0.4, -0.2) is 18.5 Å². The van der Waals surface area contributed by atoms with E-state index in [1.807, 2.05) is 6.92 Å². The van der Waals surface area contributed by atoms with Crippen molar-refractivity contribution in [3.05, 3.63) is 0 Å². The molecule has 1 atom stereocenters. The largest absolute Gasteiger partial charge is 0.354 e. The number of hydrogen-bond donors (Lipinski definition) is 2. The first-order valence-electron chi connectivity index (χ1n) is 5.71. The van der Waals surface area contributed by atoms with Crippen LogP contribution in [0.2, 0.25) is 0 Å². The van der Waals surface area contributed by atoms with E-state index in [-0.39, 0.29) is 11.9 Å². The third-order valence-corrected chi connectivity index (χ3v) is 3.73. The molecule has 0 aromatic carbocycles. The van der Waals surface area contributed by atoms with Crippen molar-refractivity contribution in [2.75, 3.05) is 6.54 Å². The summed E-state index contributed by atoms with van der Waals surface area (Å²) in [7, 11) is 0. The fourth-order valence-corrected chi connectivity index (χ4v) is 2.17. The van der Waals surface area contributed by atoms with Crippen molar-refractivity contribution < 1.29 is 4.79 Å². The number of nitrogens with two attached hydrogens (primary N) is 1. The molecule has 0 aromatic heterocycles. The Bertz CT molecular complexity index is 231. The summed E-state index contributed by atoms with van der Waals surface area (Å²) < 4.78 is 0. The highest BCUT2D eigenvalue weighted by Crippen LogP contribution is 2.60. The number of carbonyl (C=O) groups excluding carboxylic acids is 1. The van der Waals surface area contributed by atoms with E-state index in [1.54, 1.807) is 0 Å². The molecule has 0 spiro atoms. The Balaban J connectivity index is 1.74. The molecule has 0 saturated heterocycles. The minimum Gasteiger partial charge on any atom is -0.354 e. The van der Waals surface area contributed by atoms with Gasteiger partial charge in [-0.3, -0.25) is 4.79 Å². The Morgan fingerprint density at radius 1 is 1.57 bits per heavy atom. The van der Waals surface area contributed by atoms with Crippen LogP contribution in [0.4, 0.5) is 0 Å². The zero-order valence-corrected chi connectivity index (χ0v) is 8.88. The molecule has 1 unspecified atom stereocenters. The molecule has 1 amide bonds. The normalized spacial score (nSPS) is 25.6. The molecule has 14 heavy (non-hydrogen) atoms. The fraction of sp³-hybridized carbons (Fsp3) is 0.909. The molecule has 2 rings (SSSR count). The van der Waals surface area contributed by atoms with Gasteiger partial charge in [-0.1, -0.05) is 6.92 Å². The molecule has 0 bridgehead atoms. The molecular weight excluding hydrogens is 176 g/mol. The van der Waals surface area contributed by atoms with Gasteiger partial charge < -0.3 is 11.1 Å². The number of amides is 1. The van der Waals surface area contributed by atoms with Gasteiger partial charge in [0.05, 0.1) is 6.04 Å². The lowest BCUT2D eigenvalue weighted by molar-refractivity contribution is -0.122. The predicted octanol–water partition coefficient (Wildman–Crippen LogP) is 1.03. The minimum atomic E-state index is -0.315. The van der Waals surface area contributed by atoms with Crippen LogP contribution in [0.1, 0.15) is 39.0 Å². The van der Waals surface area contributed by atoms with Crippen LogP contribution in [0.25, 0.3) is 0 Å². The standard InChI is InChI=1S/C11H20N2O/c1-2-9(12)10(14)13-7-11(5-6-11)8-3-4-8/h8-9H,2-7,12H2,1H3,(H,13,14). The van der Waals surface area contributed by atoms with Crippen LogP contribution in [0.15, 0.2) is 0 Å². The number of nitrogens with one attached hydrogen (secondary N) is 1. The highest BCUT2D eigenvalue weighted by Gasteiger charge is 2.53. The number of carbonyl (C=O) groups is 1. The van der Waals surface area contributed by atoms with E-state index < -0.39 is 0 Å². The van der Waals surface area contributed by atoms with Crippen LogP contribution in [-0.2, 0) is 4.79 Å². The summed E-state index contributed by atoms with van der Waals surface area (Å²) in [6.45, 7) is 2.81. The molecule has 2 fully saturated rings. The highest BCUT2D eigenvalue weighted by atomic mass is 16.2. The van der Waals surface area contributed by atoms with Crippen molar-refractivity contribution in [3.63, 3.8) is 0 Å². The van der Waals surface area contributed by atoms with Crippen molar-refractivity contribution in [3.8, 4) is 0 Å². The zero-order valence-electron chi connectivity index (χ0n) is 8.88. The summed E-state index contributed by atoms with van der Waals surface area (Å²) in [5.74, 6) is 0.931. The smallest absolute Gasteiger partial charge is 0.236 e. The van der Waals surface area contributed by atoms with E-state index in [1.165, 1.54) is 25.7 Å². The minimum absolute atomic E-state index is 0.0272. The molecule has 3 N–H and O–H groups in total. The first-order chi connectivity index (χ1) is 6.68. The van der Waals surface area contributed by atoms with Crippen molar-refractivity contribution in [1.29, 1.82) is 0 Å². The Hall–Kier alpha value is -0.570. The Labute approximate surface area is 85.4 Å². The average molecular weight is 196 g/mol. The van der Waals surface area contributed by atoms with Gasteiger partial charge in [0.15, 0.2) is 0 Å². The van der Waals surface area contributed by atoms with Crippen molar-refractivity contribution in [2.24, 2.45) is 17.1 Å². The third kappa shape index (κ3) is 1.92. The van der Waals surface area contributed by atoms with Crippen LogP contribution in [0, 0.1) is 11.3 Å². The van der Waals surface area contributed by atoms with Gasteiger partial charge in [0.2, 0.25) is 5.91 Å². The molecule has 3 heteroatoms. The van der Waals surface area contributed by atoms with E-state index in [0.29, 0.717) is 5.41 Å². The van der Waals surface area contributed by atoms with Crippen LogP contribution in [0.3, 0.4) is 0 Å². The third-order valence-electron chi connectivity index (χ3n) is 3.73. The molecular formula is C11H20N2O. The number of hydrogen-bond acceptors (Lipinski definition) is 2. The van der Waals surface area contributed by atoms with Gasteiger partial charge in [0.25, 0.3) is 0 Å². The van der Waals surface area contributed by atoms with Crippen molar-refractivity contribution >= 4 is 5.91 Å².